The molecule has 0 aliphatic rings. The predicted molar refractivity (Wildman–Crippen MR) is 102 cm³/mol. The van der Waals surface area contributed by atoms with E-state index in [4.69, 9.17) is 13.6 Å². The summed E-state index contributed by atoms with van der Waals surface area (Å²) in [6.07, 6.45) is 0. The van der Waals surface area contributed by atoms with Gasteiger partial charge in [-0.15, -0.1) is 20.4 Å². The summed E-state index contributed by atoms with van der Waals surface area (Å²) in [4.78, 5) is 10.3. The van der Waals surface area contributed by atoms with Crippen molar-refractivity contribution in [2.75, 3.05) is 7.11 Å². The van der Waals surface area contributed by atoms with Gasteiger partial charge in [-0.2, -0.15) is 0 Å². The van der Waals surface area contributed by atoms with Crippen molar-refractivity contribution in [3.05, 3.63) is 64.5 Å². The zero-order valence-corrected chi connectivity index (χ0v) is 15.8. The van der Waals surface area contributed by atoms with Gasteiger partial charge in [0.15, 0.2) is 0 Å². The molecule has 2 aromatic heterocycles. The van der Waals surface area contributed by atoms with Gasteiger partial charge < -0.3 is 13.6 Å². The molecule has 0 amide bonds. The number of nitrogens with zero attached hydrogens (tertiary/aromatic N) is 5. The number of nitro benzene ring substituents is 1. The van der Waals surface area contributed by atoms with Crippen LogP contribution < -0.4 is 4.74 Å². The number of ether oxygens (including phenoxy) is 1. The van der Waals surface area contributed by atoms with Crippen LogP contribution in [-0.4, -0.2) is 32.4 Å². The minimum absolute atomic E-state index is 0.00639. The second-order valence-corrected chi connectivity index (χ2v) is 6.62. The largest absolute Gasteiger partial charge is 0.497 e. The molecule has 4 aromatic rings. The Morgan fingerprint density at radius 3 is 2.21 bits per heavy atom. The Bertz CT molecular complexity index is 1120. The summed E-state index contributed by atoms with van der Waals surface area (Å²) < 4.78 is 16.4. The monoisotopic (exact) mass is 411 g/mol. The van der Waals surface area contributed by atoms with Crippen LogP contribution in [0.2, 0.25) is 0 Å². The van der Waals surface area contributed by atoms with Gasteiger partial charge in [-0.05, 0) is 36.4 Å². The van der Waals surface area contributed by atoms with Gasteiger partial charge in [-0.25, -0.2) is 0 Å². The highest BCUT2D eigenvalue weighted by Crippen LogP contribution is 2.28. The molecule has 11 heteroatoms. The lowest BCUT2D eigenvalue weighted by molar-refractivity contribution is -0.384. The van der Waals surface area contributed by atoms with Crippen molar-refractivity contribution in [2.24, 2.45) is 0 Å². The topological polar surface area (TPSA) is 130 Å². The number of rotatable bonds is 7. The lowest BCUT2D eigenvalue weighted by Gasteiger charge is -1.99. The van der Waals surface area contributed by atoms with Crippen LogP contribution in [0.25, 0.3) is 22.9 Å². The lowest BCUT2D eigenvalue weighted by atomic mass is 10.2. The maximum absolute atomic E-state index is 10.7. The van der Waals surface area contributed by atoms with E-state index in [9.17, 15) is 10.1 Å². The van der Waals surface area contributed by atoms with Crippen molar-refractivity contribution in [2.45, 2.75) is 11.0 Å². The second kappa shape index (κ2) is 8.10. The maximum atomic E-state index is 10.7. The number of methoxy groups -OCH3 is 1. The van der Waals surface area contributed by atoms with Gasteiger partial charge >= 0.3 is 0 Å². The summed E-state index contributed by atoms with van der Waals surface area (Å²) in [6.45, 7) is 0. The Kier molecular flexibility index (Phi) is 5.20. The van der Waals surface area contributed by atoms with Crippen molar-refractivity contribution in [1.29, 1.82) is 0 Å². The molecule has 0 aliphatic carbocycles. The highest BCUT2D eigenvalue weighted by atomic mass is 32.2. The first-order chi connectivity index (χ1) is 14.1. The molecule has 146 valence electrons. The van der Waals surface area contributed by atoms with E-state index in [0.717, 1.165) is 11.3 Å². The summed E-state index contributed by atoms with van der Waals surface area (Å²) in [5.74, 6) is 2.12. The molecular weight excluding hydrogens is 398 g/mol. The van der Waals surface area contributed by atoms with Crippen LogP contribution in [0.3, 0.4) is 0 Å². The Hall–Kier alpha value is -3.73. The number of non-ortho nitro benzene ring substituents is 1. The molecule has 29 heavy (non-hydrogen) atoms. The molecule has 0 spiro atoms. The smallest absolute Gasteiger partial charge is 0.277 e. The SMILES string of the molecule is COc1ccc(-c2nnc(SCc3nnc(-c4ccc([N+](=O)[O-])cc4)o3)o2)cc1. The standard InChI is InChI=1S/C18H13N5O5S/c1-26-14-8-4-12(5-9-14)17-21-22-18(28-17)29-10-15-19-20-16(27-15)11-2-6-13(7-3-11)23(24)25/h2-9H,10H2,1H3. The molecule has 2 aromatic carbocycles. The Balaban J connectivity index is 1.40. The van der Waals surface area contributed by atoms with E-state index in [1.807, 2.05) is 24.3 Å². The van der Waals surface area contributed by atoms with E-state index in [-0.39, 0.29) is 11.6 Å². The Morgan fingerprint density at radius 1 is 0.931 bits per heavy atom. The van der Waals surface area contributed by atoms with Gasteiger partial charge in [0.25, 0.3) is 10.9 Å². The van der Waals surface area contributed by atoms with E-state index in [2.05, 4.69) is 20.4 Å². The summed E-state index contributed by atoms with van der Waals surface area (Å²) >= 11 is 1.26. The number of hydrogen-bond donors (Lipinski definition) is 0. The van der Waals surface area contributed by atoms with Gasteiger partial charge in [-0.1, -0.05) is 11.8 Å². The van der Waals surface area contributed by atoms with Crippen molar-refractivity contribution in [3.8, 4) is 28.7 Å². The molecule has 0 aliphatic heterocycles. The second-order valence-electron chi connectivity index (χ2n) is 5.70. The summed E-state index contributed by atoms with van der Waals surface area (Å²) in [6, 6.07) is 13.2. The summed E-state index contributed by atoms with van der Waals surface area (Å²) in [5.41, 5.74) is 1.37. The normalized spacial score (nSPS) is 10.8. The van der Waals surface area contributed by atoms with Gasteiger partial charge in [0, 0.05) is 23.3 Å². The molecule has 0 N–H and O–H groups in total. The molecule has 0 saturated heterocycles. The predicted octanol–water partition coefficient (Wildman–Crippen LogP) is 4.00. The van der Waals surface area contributed by atoms with Crippen LogP contribution in [0.1, 0.15) is 5.89 Å². The lowest BCUT2D eigenvalue weighted by Crippen LogP contribution is -1.87. The first kappa shape index (κ1) is 18.6. The molecule has 2 heterocycles. The van der Waals surface area contributed by atoms with Gasteiger partial charge in [-0.3, -0.25) is 10.1 Å². The van der Waals surface area contributed by atoms with Crippen LogP contribution in [-0.2, 0) is 5.75 Å². The molecule has 0 saturated carbocycles. The number of aromatic nitrogens is 4. The Morgan fingerprint density at radius 2 is 1.55 bits per heavy atom. The molecule has 0 fully saturated rings. The van der Waals surface area contributed by atoms with Crippen LogP contribution >= 0.6 is 11.8 Å². The van der Waals surface area contributed by atoms with E-state index < -0.39 is 4.92 Å². The third kappa shape index (κ3) is 4.24. The summed E-state index contributed by atoms with van der Waals surface area (Å²) in [5, 5.41) is 27.1. The molecule has 0 bridgehead atoms. The van der Waals surface area contributed by atoms with E-state index in [1.165, 1.54) is 23.9 Å². The third-order valence-corrected chi connectivity index (χ3v) is 4.66. The van der Waals surface area contributed by atoms with E-state index in [0.29, 0.717) is 28.3 Å². The molecule has 0 unspecified atom stereocenters. The van der Waals surface area contributed by atoms with Crippen molar-refractivity contribution in [1.82, 2.24) is 20.4 Å². The maximum Gasteiger partial charge on any atom is 0.277 e. The number of thioether (sulfide) groups is 1. The molecule has 4 rings (SSSR count). The van der Waals surface area contributed by atoms with Crippen molar-refractivity contribution < 1.29 is 18.5 Å². The summed E-state index contributed by atoms with van der Waals surface area (Å²) in [7, 11) is 1.60. The molecule has 0 radical (unpaired) electrons. The minimum Gasteiger partial charge on any atom is -0.497 e. The van der Waals surface area contributed by atoms with Crippen LogP contribution in [0.15, 0.2) is 62.6 Å². The first-order valence-electron chi connectivity index (χ1n) is 8.30. The zero-order chi connectivity index (χ0) is 20.2. The fourth-order valence-corrected chi connectivity index (χ4v) is 3.00. The Labute approximate surface area is 168 Å². The van der Waals surface area contributed by atoms with Gasteiger partial charge in [0.2, 0.25) is 17.7 Å². The van der Waals surface area contributed by atoms with Crippen molar-refractivity contribution in [3.63, 3.8) is 0 Å². The highest BCUT2D eigenvalue weighted by Gasteiger charge is 2.14. The van der Waals surface area contributed by atoms with E-state index in [1.54, 1.807) is 19.2 Å². The van der Waals surface area contributed by atoms with Crippen molar-refractivity contribution >= 4 is 17.4 Å². The molecule has 10 nitrogen and oxygen atoms in total. The fourth-order valence-electron chi connectivity index (χ4n) is 2.40. The number of nitro groups is 1. The number of benzene rings is 2. The average Bonchev–Trinajstić information content (AvgIpc) is 3.42. The van der Waals surface area contributed by atoms with Gasteiger partial charge in [0.1, 0.15) is 5.75 Å². The average molecular weight is 411 g/mol. The quantitative estimate of drug-likeness (QED) is 0.250. The third-order valence-electron chi connectivity index (χ3n) is 3.85. The number of hydrogen-bond acceptors (Lipinski definition) is 10. The van der Waals surface area contributed by atoms with Crippen LogP contribution in [0, 0.1) is 10.1 Å². The zero-order valence-electron chi connectivity index (χ0n) is 15.0. The first-order valence-corrected chi connectivity index (χ1v) is 9.29. The minimum atomic E-state index is -0.468. The molecule has 0 atom stereocenters. The fraction of sp³-hybridized carbons (Fsp3) is 0.111. The van der Waals surface area contributed by atoms with E-state index >= 15 is 0 Å². The van der Waals surface area contributed by atoms with Gasteiger partial charge in [0.05, 0.1) is 17.8 Å². The van der Waals surface area contributed by atoms with Crippen LogP contribution in [0.4, 0.5) is 5.69 Å². The highest BCUT2D eigenvalue weighted by molar-refractivity contribution is 7.98. The molecular formula is C18H13N5O5S. The van der Waals surface area contributed by atoms with Crippen LogP contribution in [0.5, 0.6) is 5.75 Å².